The molecule has 1 aliphatic carbocycles. The molecule has 2 rings (SSSR count). The van der Waals surface area contributed by atoms with Crippen LogP contribution in [0.15, 0.2) is 39.3 Å². The number of carbonyl (C=O) groups excluding carboxylic acids is 1. The van der Waals surface area contributed by atoms with E-state index in [0.717, 1.165) is 33.8 Å². The quantitative estimate of drug-likeness (QED) is 0.337. The van der Waals surface area contributed by atoms with E-state index in [2.05, 4.69) is 50.7 Å². The van der Waals surface area contributed by atoms with Crippen LogP contribution in [0.1, 0.15) is 38.2 Å². The van der Waals surface area contributed by atoms with Crippen LogP contribution in [0.4, 0.5) is 0 Å². The van der Waals surface area contributed by atoms with Crippen molar-refractivity contribution in [1.82, 2.24) is 5.32 Å². The molecule has 1 saturated carbocycles. The van der Waals surface area contributed by atoms with Crippen molar-refractivity contribution in [3.63, 3.8) is 0 Å². The van der Waals surface area contributed by atoms with Crippen molar-refractivity contribution in [1.29, 1.82) is 5.26 Å². The maximum absolute atomic E-state index is 12.5. The minimum atomic E-state index is -0.314. The minimum Gasteiger partial charge on any atom is -0.487 e. The van der Waals surface area contributed by atoms with Crippen molar-refractivity contribution in [2.45, 2.75) is 38.6 Å². The smallest absolute Gasteiger partial charge is 0.262 e. The van der Waals surface area contributed by atoms with Crippen LogP contribution >= 0.6 is 31.9 Å². The molecule has 1 aliphatic rings. The van der Waals surface area contributed by atoms with Crippen LogP contribution < -0.4 is 10.1 Å². The number of nitrogens with one attached hydrogen (secondary N) is 1. The average Bonchev–Trinajstić information content (AvgIpc) is 2.61. The van der Waals surface area contributed by atoms with E-state index >= 15 is 0 Å². The first-order valence-electron chi connectivity index (χ1n) is 8.61. The summed E-state index contributed by atoms with van der Waals surface area (Å²) in [5.41, 5.74) is 0.833. The number of amides is 1. The summed E-state index contributed by atoms with van der Waals surface area (Å²) >= 11 is 6.93. The Kier molecular flexibility index (Phi) is 7.92. The van der Waals surface area contributed by atoms with Crippen LogP contribution in [0.2, 0.25) is 0 Å². The fourth-order valence-electron chi connectivity index (χ4n) is 3.04. The van der Waals surface area contributed by atoms with Gasteiger partial charge in [-0.25, -0.2) is 0 Å². The van der Waals surface area contributed by atoms with Gasteiger partial charge in [0.05, 0.1) is 8.95 Å². The Morgan fingerprint density at radius 2 is 2.04 bits per heavy atom. The van der Waals surface area contributed by atoms with Gasteiger partial charge in [0.15, 0.2) is 0 Å². The summed E-state index contributed by atoms with van der Waals surface area (Å²) in [5, 5.41) is 12.4. The molecule has 0 aliphatic heterocycles. The van der Waals surface area contributed by atoms with Gasteiger partial charge >= 0.3 is 0 Å². The normalized spacial score (nSPS) is 20.2. The van der Waals surface area contributed by atoms with E-state index in [1.165, 1.54) is 6.42 Å². The van der Waals surface area contributed by atoms with Gasteiger partial charge in [-0.1, -0.05) is 32.4 Å². The monoisotopic (exact) mass is 480 g/mol. The molecule has 26 heavy (non-hydrogen) atoms. The summed E-state index contributed by atoms with van der Waals surface area (Å²) in [4.78, 5) is 12.5. The van der Waals surface area contributed by atoms with Crippen LogP contribution in [0.25, 0.3) is 6.08 Å². The molecule has 138 valence electrons. The molecule has 1 aromatic carbocycles. The predicted molar refractivity (Wildman–Crippen MR) is 111 cm³/mol. The third kappa shape index (κ3) is 5.46. The summed E-state index contributed by atoms with van der Waals surface area (Å²) in [5.74, 6) is 0.781. The average molecular weight is 482 g/mol. The van der Waals surface area contributed by atoms with E-state index in [-0.39, 0.29) is 17.5 Å². The van der Waals surface area contributed by atoms with Crippen LogP contribution in [0.5, 0.6) is 5.75 Å². The Labute approximate surface area is 171 Å². The van der Waals surface area contributed by atoms with Crippen molar-refractivity contribution in [2.24, 2.45) is 5.92 Å². The summed E-state index contributed by atoms with van der Waals surface area (Å²) in [6.07, 6.45) is 7.66. The molecule has 0 saturated heterocycles. The number of benzene rings is 1. The first-order chi connectivity index (χ1) is 12.5. The third-order valence-corrected chi connectivity index (χ3v) is 5.65. The van der Waals surface area contributed by atoms with Gasteiger partial charge in [0.2, 0.25) is 0 Å². The maximum atomic E-state index is 12.5. The Morgan fingerprint density at radius 1 is 1.38 bits per heavy atom. The van der Waals surface area contributed by atoms with Crippen LogP contribution in [-0.2, 0) is 4.79 Å². The van der Waals surface area contributed by atoms with E-state index in [1.54, 1.807) is 12.2 Å². The van der Waals surface area contributed by atoms with Gasteiger partial charge in [-0.2, -0.15) is 5.26 Å². The molecule has 1 fully saturated rings. The van der Waals surface area contributed by atoms with E-state index in [0.29, 0.717) is 18.3 Å². The second kappa shape index (κ2) is 9.94. The molecule has 4 nitrogen and oxygen atoms in total. The fourth-order valence-corrected chi connectivity index (χ4v) is 4.49. The molecule has 1 amide bonds. The van der Waals surface area contributed by atoms with Crippen molar-refractivity contribution in [3.05, 3.63) is 44.9 Å². The molecule has 1 aromatic rings. The lowest BCUT2D eigenvalue weighted by molar-refractivity contribution is -0.118. The number of carbonyl (C=O) groups is 1. The highest BCUT2D eigenvalue weighted by atomic mass is 79.9. The molecule has 0 radical (unpaired) electrons. The number of nitrogens with zero attached hydrogens (tertiary/aromatic N) is 1. The topological polar surface area (TPSA) is 62.1 Å². The van der Waals surface area contributed by atoms with Gasteiger partial charge in [-0.15, -0.1) is 0 Å². The minimum absolute atomic E-state index is 0.0985. The summed E-state index contributed by atoms with van der Waals surface area (Å²) in [7, 11) is 0. The first-order valence-corrected chi connectivity index (χ1v) is 10.2. The molecule has 6 heteroatoms. The van der Waals surface area contributed by atoms with E-state index in [1.807, 2.05) is 18.2 Å². The van der Waals surface area contributed by atoms with E-state index < -0.39 is 0 Å². The third-order valence-electron chi connectivity index (χ3n) is 4.47. The largest absolute Gasteiger partial charge is 0.487 e. The summed E-state index contributed by atoms with van der Waals surface area (Å²) in [6, 6.07) is 5.79. The number of nitriles is 1. The zero-order chi connectivity index (χ0) is 19.1. The Hall–Kier alpha value is -1.58. The second-order valence-electron chi connectivity index (χ2n) is 6.42. The molecule has 0 heterocycles. The van der Waals surface area contributed by atoms with Crippen molar-refractivity contribution in [2.75, 3.05) is 6.61 Å². The molecular weight excluding hydrogens is 460 g/mol. The summed E-state index contributed by atoms with van der Waals surface area (Å²) in [6.45, 7) is 6.17. The van der Waals surface area contributed by atoms with Crippen molar-refractivity contribution in [3.8, 4) is 11.8 Å². The van der Waals surface area contributed by atoms with Gasteiger partial charge in [0, 0.05) is 6.04 Å². The molecule has 0 unspecified atom stereocenters. The molecule has 1 N–H and O–H groups in total. The molecule has 0 spiro atoms. The van der Waals surface area contributed by atoms with Gasteiger partial charge in [-0.3, -0.25) is 4.79 Å². The highest BCUT2D eigenvalue weighted by molar-refractivity contribution is 9.11. The lowest BCUT2D eigenvalue weighted by Crippen LogP contribution is -2.41. The van der Waals surface area contributed by atoms with Gasteiger partial charge in [0.1, 0.15) is 24.0 Å². The zero-order valence-electron chi connectivity index (χ0n) is 14.7. The second-order valence-corrected chi connectivity index (χ2v) is 8.13. The Bertz CT molecular complexity index is 730. The van der Waals surface area contributed by atoms with E-state index in [9.17, 15) is 10.1 Å². The molecular formula is C20H22Br2N2O2. The van der Waals surface area contributed by atoms with Crippen molar-refractivity contribution >= 4 is 43.8 Å². The lowest BCUT2D eigenvalue weighted by Gasteiger charge is -2.29. The van der Waals surface area contributed by atoms with Crippen LogP contribution in [-0.4, -0.2) is 18.6 Å². The number of hydrogen-bond acceptors (Lipinski definition) is 3. The molecule has 0 aromatic heterocycles. The first kappa shape index (κ1) is 20.7. The predicted octanol–water partition coefficient (Wildman–Crippen LogP) is 5.38. The fraction of sp³-hybridized carbons (Fsp3) is 0.400. The highest BCUT2D eigenvalue weighted by Gasteiger charge is 2.24. The number of hydrogen-bond donors (Lipinski definition) is 1. The highest BCUT2D eigenvalue weighted by Crippen LogP contribution is 2.35. The van der Waals surface area contributed by atoms with Gasteiger partial charge in [-0.05, 0) is 74.4 Å². The standard InChI is InChI=1S/C20H22Br2N2O2/c1-3-8-26-19-16(21)10-14(11-17(19)22)9-15(12-23)20(25)24-18-7-5-4-6-13(18)2/h3,9-11,13,18H,1,4-8H2,2H3,(H,24,25)/b15-9+/t13-,18+/m0/s1. The lowest BCUT2D eigenvalue weighted by atomic mass is 9.86. The Morgan fingerprint density at radius 3 is 2.62 bits per heavy atom. The SMILES string of the molecule is C=CCOc1c(Br)cc(/C=C(\C#N)C(=O)N[C@@H]2CCCC[C@@H]2C)cc1Br. The summed E-state index contributed by atoms with van der Waals surface area (Å²) < 4.78 is 7.06. The number of ether oxygens (including phenoxy) is 1. The van der Waals surface area contributed by atoms with Gasteiger partial charge < -0.3 is 10.1 Å². The van der Waals surface area contributed by atoms with Crippen LogP contribution in [0, 0.1) is 17.2 Å². The molecule has 0 bridgehead atoms. The van der Waals surface area contributed by atoms with Crippen LogP contribution in [0.3, 0.4) is 0 Å². The number of halogens is 2. The van der Waals surface area contributed by atoms with E-state index in [4.69, 9.17) is 4.74 Å². The van der Waals surface area contributed by atoms with Crippen molar-refractivity contribution < 1.29 is 9.53 Å². The maximum Gasteiger partial charge on any atom is 0.262 e. The molecule has 2 atom stereocenters. The Balaban J connectivity index is 2.18. The zero-order valence-corrected chi connectivity index (χ0v) is 17.9. The number of rotatable bonds is 6. The van der Waals surface area contributed by atoms with Gasteiger partial charge in [0.25, 0.3) is 5.91 Å².